The second-order valence-electron chi connectivity index (χ2n) is 2.90. The third-order valence-electron chi connectivity index (χ3n) is 1.77. The summed E-state index contributed by atoms with van der Waals surface area (Å²) in [5.74, 6) is 0.682. The number of hydrogen-bond acceptors (Lipinski definition) is 4. The minimum Gasteiger partial charge on any atom is -0.491 e. The fourth-order valence-corrected chi connectivity index (χ4v) is 1.15. The highest BCUT2D eigenvalue weighted by Crippen LogP contribution is 2.31. The lowest BCUT2D eigenvalue weighted by atomic mass is 10.3. The van der Waals surface area contributed by atoms with Crippen molar-refractivity contribution in [3.05, 3.63) is 18.2 Å². The van der Waals surface area contributed by atoms with Crippen LogP contribution in [0.5, 0.6) is 17.2 Å². The van der Waals surface area contributed by atoms with Gasteiger partial charge in [0.25, 0.3) is 6.47 Å². The Labute approximate surface area is 97.1 Å². The summed E-state index contributed by atoms with van der Waals surface area (Å²) in [5, 5.41) is 0. The van der Waals surface area contributed by atoms with Gasteiger partial charge in [-0.15, -0.1) is 0 Å². The molecule has 0 saturated heterocycles. The van der Waals surface area contributed by atoms with Crippen molar-refractivity contribution in [2.45, 2.75) is 0 Å². The smallest absolute Gasteiger partial charge is 0.298 e. The summed E-state index contributed by atoms with van der Waals surface area (Å²) < 4.78 is 38.6. The third-order valence-corrected chi connectivity index (χ3v) is 1.77. The molecule has 1 rings (SSSR count). The number of ether oxygens (including phenoxy) is 3. The average Bonchev–Trinajstić information content (AvgIpc) is 2.36. The number of benzene rings is 1. The Hall–Kier alpha value is -1.85. The van der Waals surface area contributed by atoms with Crippen LogP contribution in [0.3, 0.4) is 0 Å². The van der Waals surface area contributed by atoms with E-state index in [4.69, 9.17) is 9.47 Å². The van der Waals surface area contributed by atoms with Crippen LogP contribution in [0.25, 0.3) is 0 Å². The Bertz CT molecular complexity index is 357. The Morgan fingerprint density at radius 2 is 1.76 bits per heavy atom. The molecule has 0 spiro atoms. The zero-order chi connectivity index (χ0) is 12.5. The molecule has 0 N–H and O–H groups in total. The highest BCUT2D eigenvalue weighted by molar-refractivity contribution is 5.53. The second kappa shape index (κ2) is 7.43. The van der Waals surface area contributed by atoms with E-state index in [1.807, 2.05) is 0 Å². The maximum absolute atomic E-state index is 12.0. The normalized spacial score (nSPS) is 9.76. The van der Waals surface area contributed by atoms with Gasteiger partial charge in [-0.05, 0) is 12.1 Å². The van der Waals surface area contributed by atoms with Crippen molar-refractivity contribution in [3.63, 3.8) is 0 Å². The zero-order valence-electron chi connectivity index (χ0n) is 9.03. The Kier molecular flexibility index (Phi) is 5.77. The van der Waals surface area contributed by atoms with Crippen LogP contribution in [0, 0.1) is 0 Å². The van der Waals surface area contributed by atoms with E-state index in [9.17, 15) is 13.6 Å². The van der Waals surface area contributed by atoms with Crippen LogP contribution in [0.2, 0.25) is 0 Å². The van der Waals surface area contributed by atoms with Crippen molar-refractivity contribution in [1.82, 2.24) is 0 Å². The Morgan fingerprint density at radius 3 is 2.41 bits per heavy atom. The molecule has 0 heterocycles. The summed E-state index contributed by atoms with van der Waals surface area (Å²) in [6.45, 7) is -1.30. The predicted octanol–water partition coefficient (Wildman–Crippen LogP) is 1.92. The van der Waals surface area contributed by atoms with Crippen molar-refractivity contribution in [1.29, 1.82) is 0 Å². The van der Waals surface area contributed by atoms with Gasteiger partial charge in [0.1, 0.15) is 32.3 Å². The molecule has 94 valence electrons. The maximum atomic E-state index is 12.0. The molecule has 0 bridgehead atoms. The molecule has 0 aliphatic heterocycles. The van der Waals surface area contributed by atoms with Gasteiger partial charge in [0, 0.05) is 6.07 Å². The van der Waals surface area contributed by atoms with Crippen LogP contribution in [0.15, 0.2) is 18.2 Å². The predicted molar refractivity (Wildman–Crippen MR) is 56.1 cm³/mol. The van der Waals surface area contributed by atoms with Gasteiger partial charge >= 0.3 is 0 Å². The Morgan fingerprint density at radius 1 is 1.06 bits per heavy atom. The van der Waals surface area contributed by atoms with Crippen LogP contribution < -0.4 is 14.2 Å². The fraction of sp³-hybridized carbons (Fsp3) is 0.364. The summed E-state index contributed by atoms with van der Waals surface area (Å²) in [5.41, 5.74) is 0. The molecule has 4 nitrogen and oxygen atoms in total. The summed E-state index contributed by atoms with van der Waals surface area (Å²) in [6, 6.07) is 4.33. The summed E-state index contributed by atoms with van der Waals surface area (Å²) in [4.78, 5) is 10.2. The van der Waals surface area contributed by atoms with Gasteiger partial charge < -0.3 is 14.2 Å². The highest BCUT2D eigenvalue weighted by atomic mass is 19.1. The van der Waals surface area contributed by atoms with Crippen LogP contribution in [0.4, 0.5) is 8.78 Å². The molecular weight excluding hydrogens is 234 g/mol. The molecular formula is C11H12F2O4. The van der Waals surface area contributed by atoms with Gasteiger partial charge in [-0.3, -0.25) is 4.79 Å². The van der Waals surface area contributed by atoms with E-state index < -0.39 is 13.3 Å². The second-order valence-corrected chi connectivity index (χ2v) is 2.90. The first-order valence-corrected chi connectivity index (χ1v) is 4.93. The number of carbonyl (C=O) groups is 1. The molecule has 0 aromatic heterocycles. The summed E-state index contributed by atoms with van der Waals surface area (Å²) >= 11 is 0. The van der Waals surface area contributed by atoms with Gasteiger partial charge in [-0.25, -0.2) is 8.78 Å². The number of halogens is 2. The zero-order valence-corrected chi connectivity index (χ0v) is 9.03. The highest BCUT2D eigenvalue weighted by Gasteiger charge is 2.07. The van der Waals surface area contributed by atoms with Crippen LogP contribution in [-0.4, -0.2) is 33.0 Å². The minimum atomic E-state index is -0.671. The molecule has 6 heteroatoms. The summed E-state index contributed by atoms with van der Waals surface area (Å²) in [7, 11) is 0. The van der Waals surface area contributed by atoms with Crippen molar-refractivity contribution >= 4 is 6.47 Å². The van der Waals surface area contributed by atoms with Crippen LogP contribution in [-0.2, 0) is 4.79 Å². The first-order chi connectivity index (χ1) is 8.31. The standard InChI is InChI=1S/C11H12F2O4/c12-3-5-15-9-1-2-10(17-8-14)11(7-9)16-6-4-13/h1-2,7-8H,3-6H2. The van der Waals surface area contributed by atoms with Crippen LogP contribution in [0.1, 0.15) is 0 Å². The topological polar surface area (TPSA) is 44.8 Å². The number of hydrogen-bond donors (Lipinski definition) is 0. The van der Waals surface area contributed by atoms with E-state index in [0.717, 1.165) is 0 Å². The lowest BCUT2D eigenvalue weighted by molar-refractivity contribution is -0.120. The number of rotatable bonds is 8. The van der Waals surface area contributed by atoms with Gasteiger partial charge in [-0.2, -0.15) is 0 Å². The van der Waals surface area contributed by atoms with Crippen molar-refractivity contribution in [3.8, 4) is 17.2 Å². The molecule has 0 unspecified atom stereocenters. The molecule has 1 aromatic rings. The van der Waals surface area contributed by atoms with Crippen LogP contribution >= 0.6 is 0 Å². The average molecular weight is 246 g/mol. The molecule has 0 fully saturated rings. The molecule has 17 heavy (non-hydrogen) atoms. The molecule has 0 atom stereocenters. The summed E-state index contributed by atoms with van der Waals surface area (Å²) in [6.07, 6.45) is 0. The molecule has 0 amide bonds. The first kappa shape index (κ1) is 13.2. The lowest BCUT2D eigenvalue weighted by Gasteiger charge is -2.10. The quantitative estimate of drug-likeness (QED) is 0.657. The molecule has 0 saturated carbocycles. The lowest BCUT2D eigenvalue weighted by Crippen LogP contribution is -2.03. The van der Waals surface area contributed by atoms with Gasteiger partial charge in [0.05, 0.1) is 0 Å². The fourth-order valence-electron chi connectivity index (χ4n) is 1.15. The van der Waals surface area contributed by atoms with E-state index in [1.165, 1.54) is 18.2 Å². The van der Waals surface area contributed by atoms with Gasteiger partial charge in [0.15, 0.2) is 11.5 Å². The van der Waals surface area contributed by atoms with Crippen molar-refractivity contribution in [2.75, 3.05) is 26.6 Å². The van der Waals surface area contributed by atoms with E-state index in [0.29, 0.717) is 5.75 Å². The molecule has 1 aromatic carbocycles. The molecule has 0 radical (unpaired) electrons. The van der Waals surface area contributed by atoms with Crippen molar-refractivity contribution in [2.24, 2.45) is 0 Å². The maximum Gasteiger partial charge on any atom is 0.298 e. The number of alkyl halides is 2. The molecule has 0 aliphatic rings. The van der Waals surface area contributed by atoms with E-state index in [-0.39, 0.29) is 31.2 Å². The van der Waals surface area contributed by atoms with Crippen molar-refractivity contribution < 1.29 is 27.8 Å². The van der Waals surface area contributed by atoms with Gasteiger partial charge in [-0.1, -0.05) is 0 Å². The number of carbonyl (C=O) groups excluding carboxylic acids is 1. The van der Waals surface area contributed by atoms with E-state index >= 15 is 0 Å². The monoisotopic (exact) mass is 246 g/mol. The van der Waals surface area contributed by atoms with Gasteiger partial charge in [0.2, 0.25) is 0 Å². The molecule has 0 aliphatic carbocycles. The largest absolute Gasteiger partial charge is 0.491 e. The van der Waals surface area contributed by atoms with E-state index in [1.54, 1.807) is 0 Å². The first-order valence-electron chi connectivity index (χ1n) is 4.93. The third kappa shape index (κ3) is 4.26. The minimum absolute atomic E-state index is 0.0869. The van der Waals surface area contributed by atoms with E-state index in [2.05, 4.69) is 4.74 Å². The Balaban J connectivity index is 2.80. The SMILES string of the molecule is O=COc1ccc(OCCF)cc1OCCF.